The Bertz CT molecular complexity index is 1100. The van der Waals surface area contributed by atoms with Gasteiger partial charge in [0.2, 0.25) is 11.7 Å². The number of tetrazole rings is 1. The van der Waals surface area contributed by atoms with Crippen molar-refractivity contribution in [2.24, 2.45) is 0 Å². The first-order valence-corrected chi connectivity index (χ1v) is 10.3. The Hall–Kier alpha value is -3.82. The lowest BCUT2D eigenvalue weighted by Gasteiger charge is -2.36. The SMILES string of the molecule is CC(=O)c1ccc(N2CCN(C(=O)Cn3nnc(COc4ccccc4)n3)CC2)c(F)c1. The summed E-state index contributed by atoms with van der Waals surface area (Å²) in [6.07, 6.45) is 0. The second-order valence-corrected chi connectivity index (χ2v) is 7.43. The van der Waals surface area contributed by atoms with E-state index in [9.17, 15) is 14.0 Å². The predicted octanol–water partition coefficient (Wildman–Crippen LogP) is 1.94. The van der Waals surface area contributed by atoms with Crippen LogP contribution in [0.2, 0.25) is 0 Å². The standard InChI is InChI=1S/C22H23FN6O3/c1-16(30)17-7-8-20(19(23)13-17)27-9-11-28(12-10-27)22(31)14-29-25-21(24-26-29)15-32-18-5-3-2-4-6-18/h2-8,13H,9-12,14-15H2,1H3. The lowest BCUT2D eigenvalue weighted by atomic mass is 10.1. The van der Waals surface area contributed by atoms with Gasteiger partial charge in [0.25, 0.3) is 0 Å². The number of ketones is 1. The van der Waals surface area contributed by atoms with Crippen LogP contribution >= 0.6 is 0 Å². The van der Waals surface area contributed by atoms with Gasteiger partial charge < -0.3 is 14.5 Å². The number of anilines is 1. The number of Topliss-reactive ketones (excluding diaryl/α,β-unsaturated/α-hetero) is 1. The highest BCUT2D eigenvalue weighted by Gasteiger charge is 2.24. The van der Waals surface area contributed by atoms with Crippen LogP contribution in [0.15, 0.2) is 48.5 Å². The van der Waals surface area contributed by atoms with Crippen LogP contribution in [-0.2, 0) is 17.9 Å². The van der Waals surface area contributed by atoms with Gasteiger partial charge in [0.05, 0.1) is 5.69 Å². The second kappa shape index (κ2) is 9.54. The van der Waals surface area contributed by atoms with Crippen LogP contribution in [0, 0.1) is 5.82 Å². The largest absolute Gasteiger partial charge is 0.485 e. The molecule has 2 heterocycles. The lowest BCUT2D eigenvalue weighted by molar-refractivity contribution is -0.132. The number of ether oxygens (including phenoxy) is 1. The maximum Gasteiger partial charge on any atom is 0.246 e. The number of carbonyl (C=O) groups excluding carboxylic acids is 2. The lowest BCUT2D eigenvalue weighted by Crippen LogP contribution is -2.50. The molecule has 0 atom stereocenters. The van der Waals surface area contributed by atoms with Crippen molar-refractivity contribution in [2.75, 3.05) is 31.1 Å². The number of piperazine rings is 1. The quantitative estimate of drug-likeness (QED) is 0.521. The molecule has 32 heavy (non-hydrogen) atoms. The highest BCUT2D eigenvalue weighted by molar-refractivity contribution is 5.94. The van der Waals surface area contributed by atoms with Gasteiger partial charge in [-0.1, -0.05) is 18.2 Å². The fourth-order valence-corrected chi connectivity index (χ4v) is 3.47. The maximum atomic E-state index is 14.4. The van der Waals surface area contributed by atoms with E-state index in [2.05, 4.69) is 15.4 Å². The molecule has 1 aromatic heterocycles. The summed E-state index contributed by atoms with van der Waals surface area (Å²) >= 11 is 0. The minimum atomic E-state index is -0.436. The van der Waals surface area contributed by atoms with E-state index in [0.29, 0.717) is 49.0 Å². The van der Waals surface area contributed by atoms with E-state index in [1.165, 1.54) is 17.8 Å². The van der Waals surface area contributed by atoms with E-state index in [-0.39, 0.29) is 24.8 Å². The monoisotopic (exact) mass is 438 g/mol. The number of nitrogens with zero attached hydrogens (tertiary/aromatic N) is 6. The third-order valence-electron chi connectivity index (χ3n) is 5.21. The Kier molecular flexibility index (Phi) is 6.39. The number of hydrogen-bond acceptors (Lipinski definition) is 7. The van der Waals surface area contributed by atoms with E-state index in [1.807, 2.05) is 35.2 Å². The molecule has 2 aromatic carbocycles. The third-order valence-corrected chi connectivity index (χ3v) is 5.21. The van der Waals surface area contributed by atoms with Crippen molar-refractivity contribution in [1.82, 2.24) is 25.1 Å². The predicted molar refractivity (Wildman–Crippen MR) is 114 cm³/mol. The normalized spacial score (nSPS) is 13.8. The molecule has 1 aliphatic rings. The van der Waals surface area contributed by atoms with Crippen LogP contribution in [-0.4, -0.2) is 63.0 Å². The average molecular weight is 438 g/mol. The molecule has 0 bridgehead atoms. The summed E-state index contributed by atoms with van der Waals surface area (Å²) in [6.45, 7) is 3.41. The molecule has 0 radical (unpaired) electrons. The van der Waals surface area contributed by atoms with Gasteiger partial charge in [0, 0.05) is 31.7 Å². The molecule has 0 N–H and O–H groups in total. The molecular formula is C22H23FN6O3. The van der Waals surface area contributed by atoms with Gasteiger partial charge >= 0.3 is 0 Å². The number of rotatable bonds is 7. The number of aromatic nitrogens is 4. The van der Waals surface area contributed by atoms with Crippen LogP contribution in [0.25, 0.3) is 0 Å². The minimum Gasteiger partial charge on any atom is -0.485 e. The summed E-state index contributed by atoms with van der Waals surface area (Å²) in [6, 6.07) is 13.8. The molecule has 1 fully saturated rings. The Labute approximate surface area is 184 Å². The van der Waals surface area contributed by atoms with E-state index < -0.39 is 5.82 Å². The van der Waals surface area contributed by atoms with E-state index in [0.717, 1.165) is 0 Å². The van der Waals surface area contributed by atoms with Gasteiger partial charge in [-0.25, -0.2) is 4.39 Å². The Morgan fingerprint density at radius 2 is 1.81 bits per heavy atom. The molecule has 0 aliphatic carbocycles. The number of hydrogen-bond donors (Lipinski definition) is 0. The van der Waals surface area contributed by atoms with E-state index in [4.69, 9.17) is 4.74 Å². The molecule has 0 saturated carbocycles. The van der Waals surface area contributed by atoms with Gasteiger partial charge in [-0.15, -0.1) is 10.2 Å². The summed E-state index contributed by atoms with van der Waals surface area (Å²) in [5.41, 5.74) is 0.775. The van der Waals surface area contributed by atoms with Crippen LogP contribution in [0.1, 0.15) is 23.1 Å². The molecule has 0 spiro atoms. The van der Waals surface area contributed by atoms with Crippen molar-refractivity contribution in [3.8, 4) is 5.75 Å². The maximum absolute atomic E-state index is 14.4. The Morgan fingerprint density at radius 3 is 2.50 bits per heavy atom. The first kappa shape index (κ1) is 21.4. The van der Waals surface area contributed by atoms with Crippen molar-refractivity contribution in [2.45, 2.75) is 20.1 Å². The summed E-state index contributed by atoms with van der Waals surface area (Å²) in [5, 5.41) is 12.0. The van der Waals surface area contributed by atoms with Gasteiger partial charge in [0.1, 0.15) is 18.1 Å². The molecule has 1 saturated heterocycles. The highest BCUT2D eigenvalue weighted by atomic mass is 19.1. The summed E-state index contributed by atoms with van der Waals surface area (Å²) in [7, 11) is 0. The molecule has 1 aliphatic heterocycles. The summed E-state index contributed by atoms with van der Waals surface area (Å²) in [5.74, 6) is 0.336. The molecule has 10 heteroatoms. The molecule has 0 unspecified atom stereocenters. The van der Waals surface area contributed by atoms with Gasteiger partial charge in [0.15, 0.2) is 12.4 Å². The fourth-order valence-electron chi connectivity index (χ4n) is 3.47. The molecule has 3 aromatic rings. The molecule has 1 amide bonds. The average Bonchev–Trinajstić information content (AvgIpc) is 3.25. The van der Waals surface area contributed by atoms with Crippen LogP contribution in [0.5, 0.6) is 5.75 Å². The summed E-state index contributed by atoms with van der Waals surface area (Å²) in [4.78, 5) is 28.8. The number of benzene rings is 2. The van der Waals surface area contributed by atoms with Crippen LogP contribution < -0.4 is 9.64 Å². The molecular weight excluding hydrogens is 415 g/mol. The smallest absolute Gasteiger partial charge is 0.246 e. The number of amides is 1. The van der Waals surface area contributed by atoms with Crippen molar-refractivity contribution < 1.29 is 18.7 Å². The van der Waals surface area contributed by atoms with Crippen molar-refractivity contribution in [3.05, 3.63) is 65.7 Å². The van der Waals surface area contributed by atoms with Gasteiger partial charge in [-0.2, -0.15) is 4.80 Å². The number of para-hydroxylation sites is 1. The topological polar surface area (TPSA) is 93.5 Å². The highest BCUT2D eigenvalue weighted by Crippen LogP contribution is 2.22. The molecule has 4 rings (SSSR count). The number of carbonyl (C=O) groups is 2. The fraction of sp³-hybridized carbons (Fsp3) is 0.318. The first-order valence-electron chi connectivity index (χ1n) is 10.3. The van der Waals surface area contributed by atoms with Crippen molar-refractivity contribution in [3.63, 3.8) is 0 Å². The third kappa shape index (κ3) is 5.08. The van der Waals surface area contributed by atoms with E-state index >= 15 is 0 Å². The summed E-state index contributed by atoms with van der Waals surface area (Å²) < 4.78 is 20.0. The first-order chi connectivity index (χ1) is 15.5. The van der Waals surface area contributed by atoms with Crippen molar-refractivity contribution in [1.29, 1.82) is 0 Å². The van der Waals surface area contributed by atoms with Gasteiger partial charge in [-0.05, 0) is 42.5 Å². The van der Waals surface area contributed by atoms with E-state index in [1.54, 1.807) is 17.0 Å². The number of halogens is 1. The molecule has 9 nitrogen and oxygen atoms in total. The zero-order valence-electron chi connectivity index (χ0n) is 17.6. The Morgan fingerprint density at radius 1 is 1.06 bits per heavy atom. The zero-order valence-corrected chi connectivity index (χ0v) is 17.6. The second-order valence-electron chi connectivity index (χ2n) is 7.43. The van der Waals surface area contributed by atoms with Crippen LogP contribution in [0.4, 0.5) is 10.1 Å². The van der Waals surface area contributed by atoms with Gasteiger partial charge in [-0.3, -0.25) is 9.59 Å². The molecule has 166 valence electrons. The van der Waals surface area contributed by atoms with Crippen molar-refractivity contribution >= 4 is 17.4 Å². The minimum absolute atomic E-state index is 0.0278. The van der Waals surface area contributed by atoms with Crippen LogP contribution in [0.3, 0.4) is 0 Å². The Balaban J connectivity index is 1.28. The zero-order chi connectivity index (χ0) is 22.5.